The number of likely N-dealkylation sites (N-methyl/N-ethyl adjacent to an activating group) is 1. The lowest BCUT2D eigenvalue weighted by atomic mass is 9.87. The highest BCUT2D eigenvalue weighted by atomic mass is 32.2. The maximum atomic E-state index is 12.9. The molecule has 1 heterocycles. The minimum atomic E-state index is -3.60. The molecular weight excluding hydrogens is 428 g/mol. The first-order valence-corrected chi connectivity index (χ1v) is 12.0. The number of benzene rings is 2. The highest BCUT2D eigenvalue weighted by molar-refractivity contribution is 7.88. The summed E-state index contributed by atoms with van der Waals surface area (Å²) < 4.78 is 30.5. The fourth-order valence-electron chi connectivity index (χ4n) is 3.18. The second-order valence-electron chi connectivity index (χ2n) is 8.65. The van der Waals surface area contributed by atoms with Gasteiger partial charge in [-0.15, -0.1) is 0 Å². The number of nitrogens with zero attached hydrogens (tertiary/aromatic N) is 3. The SMILES string of the molecule is CN([C@H](C(=O)NCc1nc(-c2ccc(C(C)(C)C)cc2)no1)c1ccccc1)S(C)(=O)=O. The van der Waals surface area contributed by atoms with Crippen LogP contribution in [-0.2, 0) is 26.8 Å². The van der Waals surface area contributed by atoms with Gasteiger partial charge in [-0.2, -0.15) is 9.29 Å². The van der Waals surface area contributed by atoms with Gasteiger partial charge in [-0.05, 0) is 16.5 Å². The first-order valence-electron chi connectivity index (χ1n) is 10.2. The largest absolute Gasteiger partial charge is 0.345 e. The number of rotatable bonds is 7. The first kappa shape index (κ1) is 23.6. The Balaban J connectivity index is 1.73. The minimum Gasteiger partial charge on any atom is -0.345 e. The summed E-state index contributed by atoms with van der Waals surface area (Å²) in [6.45, 7) is 6.40. The predicted molar refractivity (Wildman–Crippen MR) is 122 cm³/mol. The van der Waals surface area contributed by atoms with Crippen LogP contribution in [0.3, 0.4) is 0 Å². The van der Waals surface area contributed by atoms with Gasteiger partial charge in [-0.1, -0.05) is 80.5 Å². The number of amides is 1. The Morgan fingerprint density at radius 3 is 2.28 bits per heavy atom. The van der Waals surface area contributed by atoms with Gasteiger partial charge in [0.2, 0.25) is 27.6 Å². The van der Waals surface area contributed by atoms with Crippen LogP contribution in [-0.4, -0.2) is 42.1 Å². The summed E-state index contributed by atoms with van der Waals surface area (Å²) in [6.07, 6.45) is 1.06. The van der Waals surface area contributed by atoms with E-state index in [2.05, 4.69) is 36.2 Å². The van der Waals surface area contributed by atoms with Gasteiger partial charge in [0.15, 0.2) is 0 Å². The molecule has 0 aliphatic carbocycles. The number of sulfonamides is 1. The quantitative estimate of drug-likeness (QED) is 0.585. The zero-order valence-electron chi connectivity index (χ0n) is 18.9. The highest BCUT2D eigenvalue weighted by Crippen LogP contribution is 2.25. The van der Waals surface area contributed by atoms with Crippen LogP contribution in [0.2, 0.25) is 0 Å². The third kappa shape index (κ3) is 5.60. The van der Waals surface area contributed by atoms with Crippen molar-refractivity contribution in [2.24, 2.45) is 0 Å². The summed E-state index contributed by atoms with van der Waals surface area (Å²) in [4.78, 5) is 17.3. The molecule has 0 saturated heterocycles. The Morgan fingerprint density at radius 1 is 1.09 bits per heavy atom. The van der Waals surface area contributed by atoms with Crippen LogP contribution >= 0.6 is 0 Å². The smallest absolute Gasteiger partial charge is 0.246 e. The molecule has 3 rings (SSSR count). The van der Waals surface area contributed by atoms with Crippen molar-refractivity contribution in [3.63, 3.8) is 0 Å². The van der Waals surface area contributed by atoms with Crippen molar-refractivity contribution in [3.05, 3.63) is 71.6 Å². The molecule has 1 aromatic heterocycles. The summed E-state index contributed by atoms with van der Waals surface area (Å²) in [7, 11) is -2.23. The standard InChI is InChI=1S/C23H28N4O4S/c1-23(2,3)18-13-11-17(12-14-18)21-25-19(31-26-21)15-24-22(28)20(27(4)32(5,29)30)16-9-7-6-8-10-16/h6-14,20H,15H2,1-5H3,(H,24,28)/t20-/m0/s1. The maximum absolute atomic E-state index is 12.9. The Hall–Kier alpha value is -3.04. The number of nitrogens with one attached hydrogen (secondary N) is 1. The number of hydrogen-bond acceptors (Lipinski definition) is 6. The van der Waals surface area contributed by atoms with E-state index >= 15 is 0 Å². The molecule has 8 nitrogen and oxygen atoms in total. The molecule has 3 aromatic rings. The molecule has 170 valence electrons. The summed E-state index contributed by atoms with van der Waals surface area (Å²) in [5, 5.41) is 6.69. The van der Waals surface area contributed by atoms with Crippen LogP contribution in [0.5, 0.6) is 0 Å². The molecule has 0 aliphatic rings. The van der Waals surface area contributed by atoms with Gasteiger partial charge in [0.1, 0.15) is 6.04 Å². The maximum Gasteiger partial charge on any atom is 0.246 e. The molecule has 0 saturated carbocycles. The fourth-order valence-corrected chi connectivity index (χ4v) is 3.78. The molecule has 0 aliphatic heterocycles. The van der Waals surface area contributed by atoms with E-state index < -0.39 is 22.0 Å². The Kier molecular flexibility index (Phi) is 6.80. The van der Waals surface area contributed by atoms with E-state index in [1.54, 1.807) is 30.3 Å². The van der Waals surface area contributed by atoms with Gasteiger partial charge >= 0.3 is 0 Å². The minimum absolute atomic E-state index is 0.0210. The van der Waals surface area contributed by atoms with Crippen molar-refractivity contribution in [1.29, 1.82) is 0 Å². The normalized spacial score (nSPS) is 13.2. The molecule has 0 bridgehead atoms. The monoisotopic (exact) mass is 456 g/mol. The van der Waals surface area contributed by atoms with Crippen LogP contribution < -0.4 is 5.32 Å². The van der Waals surface area contributed by atoms with Gasteiger partial charge in [-0.25, -0.2) is 8.42 Å². The Bertz CT molecular complexity index is 1170. The number of hydrogen-bond donors (Lipinski definition) is 1. The average molecular weight is 457 g/mol. The van der Waals surface area contributed by atoms with E-state index in [9.17, 15) is 13.2 Å². The average Bonchev–Trinajstić information content (AvgIpc) is 3.21. The highest BCUT2D eigenvalue weighted by Gasteiger charge is 2.30. The third-order valence-electron chi connectivity index (χ3n) is 5.14. The third-order valence-corrected chi connectivity index (χ3v) is 6.40. The molecule has 0 fully saturated rings. The van der Waals surface area contributed by atoms with Gasteiger partial charge in [0, 0.05) is 12.6 Å². The molecule has 32 heavy (non-hydrogen) atoms. The van der Waals surface area contributed by atoms with E-state index in [4.69, 9.17) is 4.52 Å². The van der Waals surface area contributed by atoms with Gasteiger partial charge < -0.3 is 9.84 Å². The molecule has 1 N–H and O–H groups in total. The number of carbonyl (C=O) groups excluding carboxylic acids is 1. The second-order valence-corrected chi connectivity index (χ2v) is 10.7. The summed E-state index contributed by atoms with van der Waals surface area (Å²) >= 11 is 0. The second kappa shape index (κ2) is 9.22. The molecule has 2 aromatic carbocycles. The topological polar surface area (TPSA) is 105 Å². The molecule has 1 amide bonds. The van der Waals surface area contributed by atoms with Crippen LogP contribution in [0.4, 0.5) is 0 Å². The van der Waals surface area contributed by atoms with E-state index in [1.807, 2.05) is 24.3 Å². The van der Waals surface area contributed by atoms with Crippen molar-refractivity contribution in [1.82, 2.24) is 19.8 Å². The predicted octanol–water partition coefficient (Wildman–Crippen LogP) is 3.28. The number of aromatic nitrogens is 2. The molecule has 0 radical (unpaired) electrons. The first-order chi connectivity index (χ1) is 15.0. The van der Waals surface area contributed by atoms with E-state index in [-0.39, 0.29) is 17.9 Å². The molecular formula is C23H28N4O4S. The molecule has 0 unspecified atom stereocenters. The van der Waals surface area contributed by atoms with Crippen LogP contribution in [0.25, 0.3) is 11.4 Å². The lowest BCUT2D eigenvalue weighted by Gasteiger charge is -2.25. The molecule has 0 spiro atoms. The van der Waals surface area contributed by atoms with Crippen molar-refractivity contribution in [3.8, 4) is 11.4 Å². The fraction of sp³-hybridized carbons (Fsp3) is 0.348. The van der Waals surface area contributed by atoms with E-state index in [0.717, 1.165) is 16.1 Å². The summed E-state index contributed by atoms with van der Waals surface area (Å²) in [6, 6.07) is 15.6. The number of carbonyl (C=O) groups is 1. The summed E-state index contributed by atoms with van der Waals surface area (Å²) in [5.74, 6) is 0.156. The Morgan fingerprint density at radius 2 is 1.72 bits per heavy atom. The van der Waals surface area contributed by atoms with Crippen molar-refractivity contribution < 1.29 is 17.7 Å². The lowest BCUT2D eigenvalue weighted by molar-refractivity contribution is -0.125. The van der Waals surface area contributed by atoms with Crippen LogP contribution in [0, 0.1) is 0 Å². The van der Waals surface area contributed by atoms with Crippen molar-refractivity contribution in [2.45, 2.75) is 38.8 Å². The lowest BCUT2D eigenvalue weighted by Crippen LogP contribution is -2.41. The molecule has 1 atom stereocenters. The van der Waals surface area contributed by atoms with Crippen LogP contribution in [0.1, 0.15) is 43.8 Å². The van der Waals surface area contributed by atoms with Crippen LogP contribution in [0.15, 0.2) is 59.1 Å². The van der Waals surface area contributed by atoms with Gasteiger partial charge in [-0.3, -0.25) is 4.79 Å². The molecule has 9 heteroatoms. The Labute approximate surface area is 188 Å². The summed E-state index contributed by atoms with van der Waals surface area (Å²) in [5.41, 5.74) is 2.60. The van der Waals surface area contributed by atoms with Crippen molar-refractivity contribution >= 4 is 15.9 Å². The van der Waals surface area contributed by atoms with Gasteiger partial charge in [0.25, 0.3) is 0 Å². The van der Waals surface area contributed by atoms with E-state index in [0.29, 0.717) is 11.4 Å². The van der Waals surface area contributed by atoms with E-state index in [1.165, 1.54) is 12.6 Å². The van der Waals surface area contributed by atoms with Crippen molar-refractivity contribution in [2.75, 3.05) is 13.3 Å². The van der Waals surface area contributed by atoms with Gasteiger partial charge in [0.05, 0.1) is 12.8 Å². The zero-order chi connectivity index (χ0) is 23.5. The zero-order valence-corrected chi connectivity index (χ0v) is 19.7.